The van der Waals surface area contributed by atoms with Gasteiger partial charge in [-0.2, -0.15) is 26.3 Å². The quantitative estimate of drug-likeness (QED) is 0.534. The summed E-state index contributed by atoms with van der Waals surface area (Å²) in [5.41, 5.74) is -3.44. The van der Waals surface area contributed by atoms with Crippen LogP contribution in [0.4, 0.5) is 32.2 Å². The van der Waals surface area contributed by atoms with Gasteiger partial charge in [-0.25, -0.2) is 0 Å². The first-order valence-corrected chi connectivity index (χ1v) is 9.35. The average molecular weight is 469 g/mol. The maximum Gasteiger partial charge on any atom is 0.416 e. The molecule has 0 fully saturated rings. The Morgan fingerprint density at radius 1 is 0.970 bits per heavy atom. The number of nitrogens with one attached hydrogen (secondary N) is 2. The maximum absolute atomic E-state index is 13.4. The number of aromatic nitrogens is 1. The van der Waals surface area contributed by atoms with Crippen LogP contribution in [0.1, 0.15) is 44.6 Å². The Morgan fingerprint density at radius 2 is 1.61 bits per heavy atom. The van der Waals surface area contributed by atoms with Gasteiger partial charge in [0, 0.05) is 11.6 Å². The molecule has 172 valence electrons. The van der Waals surface area contributed by atoms with Crippen LogP contribution in [0.5, 0.6) is 0 Å². The summed E-state index contributed by atoms with van der Waals surface area (Å²) < 4.78 is 84.9. The van der Waals surface area contributed by atoms with Crippen molar-refractivity contribution in [1.82, 2.24) is 10.5 Å². The normalized spacial score (nSPS) is 18.4. The number of alkyl halides is 6. The molecule has 1 aliphatic rings. The molecule has 2 atom stereocenters. The van der Waals surface area contributed by atoms with Gasteiger partial charge in [0.15, 0.2) is 5.82 Å². The van der Waals surface area contributed by atoms with E-state index in [1.165, 1.54) is 30.3 Å². The van der Waals surface area contributed by atoms with Crippen molar-refractivity contribution in [3.8, 4) is 0 Å². The number of benzene rings is 2. The highest BCUT2D eigenvalue weighted by molar-refractivity contribution is 6.04. The van der Waals surface area contributed by atoms with Gasteiger partial charge in [0.05, 0.1) is 23.1 Å². The van der Waals surface area contributed by atoms with E-state index in [0.29, 0.717) is 12.1 Å². The summed E-state index contributed by atoms with van der Waals surface area (Å²) in [5.74, 6) is -2.94. The third-order valence-corrected chi connectivity index (χ3v) is 5.10. The van der Waals surface area contributed by atoms with Crippen molar-refractivity contribution in [2.75, 3.05) is 5.32 Å². The van der Waals surface area contributed by atoms with Crippen molar-refractivity contribution in [3.63, 3.8) is 0 Å². The SMILES string of the molecule is O=C1NC(c2cc(C(F)(F)F)cc(C(F)(F)F)c2)C(C(=O)Nc2ccon2)c2ccccc21. The fourth-order valence-corrected chi connectivity index (χ4v) is 3.66. The second-order valence-corrected chi connectivity index (χ2v) is 7.23. The van der Waals surface area contributed by atoms with Gasteiger partial charge < -0.3 is 15.2 Å². The lowest BCUT2D eigenvalue weighted by molar-refractivity contribution is -0.143. The summed E-state index contributed by atoms with van der Waals surface area (Å²) in [6, 6.07) is 6.54. The molecule has 2 aromatic carbocycles. The number of amides is 2. The molecule has 33 heavy (non-hydrogen) atoms. The summed E-state index contributed by atoms with van der Waals surface area (Å²) in [7, 11) is 0. The van der Waals surface area contributed by atoms with Crippen molar-refractivity contribution < 1.29 is 40.5 Å². The van der Waals surface area contributed by atoms with Crippen molar-refractivity contribution >= 4 is 17.6 Å². The van der Waals surface area contributed by atoms with Crippen LogP contribution < -0.4 is 10.6 Å². The largest absolute Gasteiger partial charge is 0.416 e. The fourth-order valence-electron chi connectivity index (χ4n) is 3.66. The van der Waals surface area contributed by atoms with Crippen LogP contribution in [-0.4, -0.2) is 17.0 Å². The second kappa shape index (κ2) is 7.94. The smallest absolute Gasteiger partial charge is 0.363 e. The van der Waals surface area contributed by atoms with E-state index in [1.54, 1.807) is 0 Å². The van der Waals surface area contributed by atoms with Crippen LogP contribution >= 0.6 is 0 Å². The molecule has 1 aromatic heterocycles. The number of fused-ring (bicyclic) bond motifs is 1. The van der Waals surface area contributed by atoms with E-state index in [1.807, 2.05) is 0 Å². The second-order valence-electron chi connectivity index (χ2n) is 7.23. The molecule has 3 aromatic rings. The first-order chi connectivity index (χ1) is 15.4. The topological polar surface area (TPSA) is 84.2 Å². The molecule has 6 nitrogen and oxygen atoms in total. The monoisotopic (exact) mass is 469 g/mol. The van der Waals surface area contributed by atoms with E-state index >= 15 is 0 Å². The lowest BCUT2D eigenvalue weighted by Gasteiger charge is -2.34. The van der Waals surface area contributed by atoms with E-state index in [4.69, 9.17) is 0 Å². The maximum atomic E-state index is 13.4. The molecule has 0 saturated heterocycles. The van der Waals surface area contributed by atoms with Crippen molar-refractivity contribution in [2.45, 2.75) is 24.3 Å². The number of hydrogen-bond acceptors (Lipinski definition) is 4. The van der Waals surface area contributed by atoms with Gasteiger partial charge in [0.1, 0.15) is 6.26 Å². The number of halogens is 6. The Balaban J connectivity index is 1.87. The van der Waals surface area contributed by atoms with Crippen LogP contribution in [0.25, 0.3) is 0 Å². The highest BCUT2D eigenvalue weighted by Crippen LogP contribution is 2.42. The Morgan fingerprint density at radius 3 is 2.18 bits per heavy atom. The van der Waals surface area contributed by atoms with E-state index in [-0.39, 0.29) is 23.0 Å². The first kappa shape index (κ1) is 22.4. The highest BCUT2D eigenvalue weighted by atomic mass is 19.4. The molecule has 2 unspecified atom stereocenters. The molecular formula is C21H13F6N3O3. The Hall–Kier alpha value is -3.83. The van der Waals surface area contributed by atoms with Gasteiger partial charge >= 0.3 is 12.4 Å². The van der Waals surface area contributed by atoms with Crippen LogP contribution in [0.3, 0.4) is 0 Å². The third-order valence-electron chi connectivity index (χ3n) is 5.10. The Bertz CT molecular complexity index is 1170. The zero-order valence-electron chi connectivity index (χ0n) is 16.3. The fraction of sp³-hybridized carbons (Fsp3) is 0.190. The first-order valence-electron chi connectivity index (χ1n) is 9.35. The zero-order valence-corrected chi connectivity index (χ0v) is 16.3. The zero-order chi connectivity index (χ0) is 24.0. The van der Waals surface area contributed by atoms with Crippen LogP contribution in [-0.2, 0) is 17.1 Å². The minimum absolute atomic E-state index is 0.0202. The highest BCUT2D eigenvalue weighted by Gasteiger charge is 2.42. The van der Waals surface area contributed by atoms with Gasteiger partial charge in [-0.3, -0.25) is 9.59 Å². The number of carbonyl (C=O) groups excluding carboxylic acids is 2. The van der Waals surface area contributed by atoms with Gasteiger partial charge in [-0.05, 0) is 35.4 Å². The van der Waals surface area contributed by atoms with Gasteiger partial charge in [-0.1, -0.05) is 23.4 Å². The number of carbonyl (C=O) groups is 2. The van der Waals surface area contributed by atoms with Gasteiger partial charge in [0.2, 0.25) is 5.91 Å². The van der Waals surface area contributed by atoms with E-state index in [0.717, 1.165) is 6.26 Å². The summed E-state index contributed by atoms with van der Waals surface area (Å²) in [5, 5.41) is 8.30. The van der Waals surface area contributed by atoms with Crippen LogP contribution in [0, 0.1) is 0 Å². The summed E-state index contributed by atoms with van der Waals surface area (Å²) in [4.78, 5) is 25.7. The molecule has 1 aliphatic heterocycles. The van der Waals surface area contributed by atoms with Gasteiger partial charge in [0.25, 0.3) is 5.91 Å². The third kappa shape index (κ3) is 4.41. The minimum Gasteiger partial charge on any atom is -0.363 e. The molecule has 0 bridgehead atoms. The molecule has 0 aliphatic carbocycles. The molecule has 2 amide bonds. The van der Waals surface area contributed by atoms with E-state index < -0.39 is 52.8 Å². The number of rotatable bonds is 3. The molecule has 12 heteroatoms. The van der Waals surface area contributed by atoms with Crippen molar-refractivity contribution in [2.24, 2.45) is 0 Å². The van der Waals surface area contributed by atoms with Crippen LogP contribution in [0.2, 0.25) is 0 Å². The minimum atomic E-state index is -5.09. The van der Waals surface area contributed by atoms with Crippen molar-refractivity contribution in [3.05, 3.63) is 82.6 Å². The molecule has 4 rings (SSSR count). The predicted molar refractivity (Wildman–Crippen MR) is 101 cm³/mol. The summed E-state index contributed by atoms with van der Waals surface area (Å²) in [6.07, 6.45) is -9.03. The molecule has 2 N–H and O–H groups in total. The van der Waals surface area contributed by atoms with Crippen molar-refractivity contribution in [1.29, 1.82) is 0 Å². The lowest BCUT2D eigenvalue weighted by atomic mass is 9.80. The number of hydrogen-bond donors (Lipinski definition) is 2. The summed E-state index contributed by atoms with van der Waals surface area (Å²) >= 11 is 0. The van der Waals surface area contributed by atoms with E-state index in [9.17, 15) is 35.9 Å². The molecular weight excluding hydrogens is 456 g/mol. The molecule has 0 radical (unpaired) electrons. The standard InChI is InChI=1S/C21H13F6N3O3/c22-20(23,24)11-7-10(8-12(9-11)21(25,26)27)17-16(19(32)28-15-5-6-33-30-15)13-3-1-2-4-14(13)18(31)29-17/h1-9,16-17H,(H,29,31)(H,28,30,32). The van der Waals surface area contributed by atoms with E-state index in [2.05, 4.69) is 20.3 Å². The average Bonchev–Trinajstić information content (AvgIpc) is 3.25. The lowest BCUT2D eigenvalue weighted by Crippen LogP contribution is -2.43. The van der Waals surface area contributed by atoms with Gasteiger partial charge in [-0.15, -0.1) is 0 Å². The van der Waals surface area contributed by atoms with Crippen LogP contribution in [0.15, 0.2) is 59.3 Å². The molecule has 0 spiro atoms. The Kier molecular flexibility index (Phi) is 5.38. The molecule has 0 saturated carbocycles. The number of nitrogens with zero attached hydrogens (tertiary/aromatic N) is 1. The Labute approximate surface area is 181 Å². The predicted octanol–water partition coefficient (Wildman–Crippen LogP) is 4.92. The molecule has 2 heterocycles. The summed E-state index contributed by atoms with van der Waals surface area (Å²) in [6.45, 7) is 0. The number of anilines is 1.